The summed E-state index contributed by atoms with van der Waals surface area (Å²) in [6, 6.07) is 0. The third-order valence-corrected chi connectivity index (χ3v) is 4.42. The maximum atomic E-state index is 11.9. The standard InChI is InChI=1S/C18H29NO5/c1-3-8-19-16(21)10-14-11-18(12-23-18)17(22)15(24-14)7-6-13(2)5-4-9-20/h5-7,14-15,17,20,22H,3-4,8-12H2,1-2H3,(H,19,21)/b7-6+,13-5+/t14-,15-,17-,18-/m1/s1. The molecule has 24 heavy (non-hydrogen) atoms. The minimum atomic E-state index is -0.727. The molecule has 2 aliphatic rings. The van der Waals surface area contributed by atoms with E-state index in [9.17, 15) is 9.90 Å². The van der Waals surface area contributed by atoms with Gasteiger partial charge in [-0.3, -0.25) is 4.79 Å². The fourth-order valence-corrected chi connectivity index (χ4v) is 2.95. The Hall–Kier alpha value is -1.21. The molecule has 6 nitrogen and oxygen atoms in total. The van der Waals surface area contributed by atoms with Crippen LogP contribution in [0.25, 0.3) is 0 Å². The van der Waals surface area contributed by atoms with Crippen LogP contribution in [0.4, 0.5) is 0 Å². The van der Waals surface area contributed by atoms with Crippen LogP contribution in [0.5, 0.6) is 0 Å². The number of rotatable bonds is 8. The predicted molar refractivity (Wildman–Crippen MR) is 90.5 cm³/mol. The molecule has 1 spiro atoms. The van der Waals surface area contributed by atoms with Crippen LogP contribution < -0.4 is 5.32 Å². The maximum absolute atomic E-state index is 11.9. The molecule has 2 fully saturated rings. The highest BCUT2D eigenvalue weighted by atomic mass is 16.6. The Kier molecular flexibility index (Phi) is 6.98. The lowest BCUT2D eigenvalue weighted by Crippen LogP contribution is -2.50. The van der Waals surface area contributed by atoms with E-state index in [2.05, 4.69) is 5.32 Å². The molecule has 0 unspecified atom stereocenters. The van der Waals surface area contributed by atoms with Crippen molar-refractivity contribution in [3.63, 3.8) is 0 Å². The topological polar surface area (TPSA) is 91.3 Å². The normalized spacial score (nSPS) is 33.2. The summed E-state index contributed by atoms with van der Waals surface area (Å²) in [7, 11) is 0. The van der Waals surface area contributed by atoms with Gasteiger partial charge in [-0.2, -0.15) is 0 Å². The molecule has 0 aromatic rings. The number of hydrogen-bond acceptors (Lipinski definition) is 5. The highest BCUT2D eigenvalue weighted by molar-refractivity contribution is 5.76. The number of carbonyl (C=O) groups is 1. The van der Waals surface area contributed by atoms with Crippen LogP contribution in [0, 0.1) is 0 Å². The van der Waals surface area contributed by atoms with Crippen molar-refractivity contribution < 1.29 is 24.5 Å². The predicted octanol–water partition coefficient (Wildman–Crippen LogP) is 1.07. The van der Waals surface area contributed by atoms with Gasteiger partial charge in [0, 0.05) is 19.6 Å². The van der Waals surface area contributed by atoms with Crippen LogP contribution in [0.3, 0.4) is 0 Å². The highest BCUT2D eigenvalue weighted by Gasteiger charge is 2.58. The lowest BCUT2D eigenvalue weighted by molar-refractivity contribution is -0.145. The van der Waals surface area contributed by atoms with Crippen molar-refractivity contribution in [3.05, 3.63) is 23.8 Å². The smallest absolute Gasteiger partial charge is 0.222 e. The number of aliphatic hydroxyl groups excluding tert-OH is 2. The number of aliphatic hydroxyl groups is 2. The van der Waals surface area contributed by atoms with Crippen LogP contribution in [-0.4, -0.2) is 59.8 Å². The lowest BCUT2D eigenvalue weighted by Gasteiger charge is -2.36. The lowest BCUT2D eigenvalue weighted by atomic mass is 9.87. The summed E-state index contributed by atoms with van der Waals surface area (Å²) in [6.07, 6.45) is 6.43. The molecular weight excluding hydrogens is 310 g/mol. The van der Waals surface area contributed by atoms with Gasteiger partial charge in [-0.25, -0.2) is 0 Å². The van der Waals surface area contributed by atoms with Crippen molar-refractivity contribution in [2.24, 2.45) is 0 Å². The van der Waals surface area contributed by atoms with Crippen LogP contribution in [-0.2, 0) is 14.3 Å². The van der Waals surface area contributed by atoms with E-state index in [0.717, 1.165) is 12.0 Å². The quantitative estimate of drug-likeness (QED) is 0.455. The molecule has 2 rings (SSSR count). The molecule has 2 aliphatic heterocycles. The van der Waals surface area contributed by atoms with Gasteiger partial charge in [-0.05, 0) is 19.8 Å². The van der Waals surface area contributed by atoms with Gasteiger partial charge >= 0.3 is 0 Å². The Bertz CT molecular complexity index is 484. The van der Waals surface area contributed by atoms with Gasteiger partial charge in [0.25, 0.3) is 0 Å². The third kappa shape index (κ3) is 5.14. The second kappa shape index (κ2) is 8.76. The fraction of sp³-hybridized carbons (Fsp3) is 0.722. The van der Waals surface area contributed by atoms with Gasteiger partial charge in [-0.1, -0.05) is 30.7 Å². The molecule has 0 saturated carbocycles. The molecule has 0 aliphatic carbocycles. The summed E-state index contributed by atoms with van der Waals surface area (Å²) in [5.74, 6) is -0.0317. The Balaban J connectivity index is 1.97. The Morgan fingerprint density at radius 1 is 1.46 bits per heavy atom. The minimum Gasteiger partial charge on any atom is -0.396 e. The van der Waals surface area contributed by atoms with Gasteiger partial charge in [-0.15, -0.1) is 0 Å². The van der Waals surface area contributed by atoms with E-state index in [1.165, 1.54) is 0 Å². The molecule has 4 atom stereocenters. The molecule has 0 aromatic carbocycles. The van der Waals surface area contributed by atoms with E-state index in [0.29, 0.717) is 26.0 Å². The molecule has 136 valence electrons. The number of hydrogen-bond donors (Lipinski definition) is 3. The largest absolute Gasteiger partial charge is 0.396 e. The average molecular weight is 339 g/mol. The number of nitrogens with one attached hydrogen (secondary N) is 1. The van der Waals surface area contributed by atoms with Gasteiger partial charge in [0.15, 0.2) is 0 Å². The molecular formula is C18H29NO5. The number of carbonyl (C=O) groups excluding carboxylic acids is 1. The Labute approximate surface area is 143 Å². The van der Waals surface area contributed by atoms with Crippen molar-refractivity contribution in [1.82, 2.24) is 5.32 Å². The molecule has 1 amide bonds. The molecule has 0 bridgehead atoms. The van der Waals surface area contributed by atoms with E-state index in [-0.39, 0.29) is 25.0 Å². The van der Waals surface area contributed by atoms with E-state index < -0.39 is 17.8 Å². The molecule has 6 heteroatoms. The highest BCUT2D eigenvalue weighted by Crippen LogP contribution is 2.43. The summed E-state index contributed by atoms with van der Waals surface area (Å²) >= 11 is 0. The second-order valence-electron chi connectivity index (χ2n) is 6.60. The fourth-order valence-electron chi connectivity index (χ4n) is 2.95. The molecule has 2 saturated heterocycles. The zero-order valence-corrected chi connectivity index (χ0v) is 14.5. The summed E-state index contributed by atoms with van der Waals surface area (Å²) < 4.78 is 11.4. The third-order valence-electron chi connectivity index (χ3n) is 4.42. The number of ether oxygens (including phenoxy) is 2. The second-order valence-corrected chi connectivity index (χ2v) is 6.60. The van der Waals surface area contributed by atoms with Crippen LogP contribution in [0.2, 0.25) is 0 Å². The molecule has 0 aromatic heterocycles. The van der Waals surface area contributed by atoms with Gasteiger partial charge < -0.3 is 25.0 Å². The van der Waals surface area contributed by atoms with E-state index >= 15 is 0 Å². The summed E-state index contributed by atoms with van der Waals surface area (Å²) in [5.41, 5.74) is 0.430. The zero-order chi connectivity index (χ0) is 17.6. The first-order valence-corrected chi connectivity index (χ1v) is 8.70. The summed E-state index contributed by atoms with van der Waals surface area (Å²) in [4.78, 5) is 11.9. The number of epoxide rings is 1. The SMILES string of the molecule is CCCNC(=O)C[C@@H]1C[C@@]2(CO2)[C@H](O)[C@@H](/C=C/C(C)=C/CCO)O1. The monoisotopic (exact) mass is 339 g/mol. The van der Waals surface area contributed by atoms with Crippen LogP contribution in [0.15, 0.2) is 23.8 Å². The first-order chi connectivity index (χ1) is 11.5. The maximum Gasteiger partial charge on any atom is 0.222 e. The van der Waals surface area contributed by atoms with Crippen molar-refractivity contribution in [2.45, 2.75) is 63.4 Å². The average Bonchev–Trinajstić information content (AvgIpc) is 3.33. The summed E-state index contributed by atoms with van der Waals surface area (Å²) in [6.45, 7) is 5.22. The van der Waals surface area contributed by atoms with E-state index in [1.54, 1.807) is 0 Å². The molecule has 3 N–H and O–H groups in total. The Morgan fingerprint density at radius 2 is 2.21 bits per heavy atom. The zero-order valence-electron chi connectivity index (χ0n) is 14.5. The van der Waals surface area contributed by atoms with Crippen LogP contribution in [0.1, 0.15) is 39.5 Å². The van der Waals surface area contributed by atoms with E-state index in [1.807, 2.05) is 32.1 Å². The van der Waals surface area contributed by atoms with E-state index in [4.69, 9.17) is 14.6 Å². The van der Waals surface area contributed by atoms with Crippen molar-refractivity contribution in [3.8, 4) is 0 Å². The molecule has 2 heterocycles. The van der Waals surface area contributed by atoms with Crippen molar-refractivity contribution >= 4 is 5.91 Å². The van der Waals surface area contributed by atoms with Gasteiger partial charge in [0.2, 0.25) is 5.91 Å². The number of amides is 1. The summed E-state index contributed by atoms with van der Waals surface area (Å²) in [5, 5.41) is 22.2. The van der Waals surface area contributed by atoms with Gasteiger partial charge in [0.1, 0.15) is 17.8 Å². The first kappa shape index (κ1) is 19.1. The minimum absolute atomic E-state index is 0.0317. The van der Waals surface area contributed by atoms with Crippen LogP contribution >= 0.6 is 0 Å². The van der Waals surface area contributed by atoms with Crippen molar-refractivity contribution in [2.75, 3.05) is 19.8 Å². The van der Waals surface area contributed by atoms with Gasteiger partial charge in [0.05, 0.1) is 19.1 Å². The molecule has 0 radical (unpaired) electrons. The Morgan fingerprint density at radius 3 is 2.83 bits per heavy atom. The number of allylic oxidation sites excluding steroid dienone is 2. The first-order valence-electron chi connectivity index (χ1n) is 8.70. The van der Waals surface area contributed by atoms with Crippen molar-refractivity contribution in [1.29, 1.82) is 0 Å².